The lowest BCUT2D eigenvalue weighted by molar-refractivity contribution is -0.119. The molecule has 1 aromatic heterocycles. The molecule has 0 radical (unpaired) electrons. The molecule has 98 valence electrons. The number of azo groups is 1. The van der Waals surface area contributed by atoms with Crippen LogP contribution in [0.1, 0.15) is 25.3 Å². The zero-order valence-corrected chi connectivity index (χ0v) is 10.7. The summed E-state index contributed by atoms with van der Waals surface area (Å²) in [4.78, 5) is 14.4. The minimum Gasteiger partial charge on any atom is -0.493 e. The molecular weight excluding hydrogens is 242 g/mol. The first-order chi connectivity index (χ1) is 9.19. The molecule has 1 saturated carbocycles. The van der Waals surface area contributed by atoms with Crippen LogP contribution in [0.15, 0.2) is 28.4 Å². The van der Waals surface area contributed by atoms with Crippen LogP contribution in [-0.4, -0.2) is 16.0 Å². The Hall–Kier alpha value is -2.17. The molecule has 1 aliphatic carbocycles. The Labute approximate surface area is 110 Å². The van der Waals surface area contributed by atoms with E-state index in [2.05, 4.69) is 22.1 Å². The van der Waals surface area contributed by atoms with Crippen molar-refractivity contribution in [1.82, 2.24) is 4.98 Å². The first-order valence-corrected chi connectivity index (χ1v) is 6.48. The number of amides is 1. The van der Waals surface area contributed by atoms with Crippen LogP contribution in [0.5, 0.6) is 5.88 Å². The molecule has 0 saturated heterocycles. The summed E-state index contributed by atoms with van der Waals surface area (Å²) in [6.45, 7) is 2.06. The Kier molecular flexibility index (Phi) is 2.81. The number of aryl methyl sites for hydroxylation is 1. The van der Waals surface area contributed by atoms with Gasteiger partial charge >= 0.3 is 0 Å². The van der Waals surface area contributed by atoms with Crippen LogP contribution in [0.2, 0.25) is 0 Å². The molecule has 19 heavy (non-hydrogen) atoms. The summed E-state index contributed by atoms with van der Waals surface area (Å²) < 4.78 is 0. The second-order valence-electron chi connectivity index (χ2n) is 4.87. The normalized spacial score (nSPS) is 15.4. The second kappa shape index (κ2) is 4.50. The van der Waals surface area contributed by atoms with Gasteiger partial charge in [-0.2, -0.15) is 0 Å². The van der Waals surface area contributed by atoms with Crippen molar-refractivity contribution in [3.63, 3.8) is 0 Å². The van der Waals surface area contributed by atoms with Crippen molar-refractivity contribution >= 4 is 22.5 Å². The van der Waals surface area contributed by atoms with Gasteiger partial charge in [-0.15, -0.1) is 10.2 Å². The van der Waals surface area contributed by atoms with Crippen LogP contribution in [0.25, 0.3) is 10.9 Å². The Morgan fingerprint density at radius 2 is 2.26 bits per heavy atom. The molecular formula is C14H15N3O2. The van der Waals surface area contributed by atoms with Crippen molar-refractivity contribution in [2.75, 3.05) is 0 Å². The van der Waals surface area contributed by atoms with Crippen molar-refractivity contribution in [2.24, 2.45) is 16.1 Å². The zero-order valence-electron chi connectivity index (χ0n) is 10.7. The third kappa shape index (κ3) is 2.23. The maximum absolute atomic E-state index is 11.5. The number of aromatic hydroxyl groups is 1. The van der Waals surface area contributed by atoms with Crippen LogP contribution < -0.4 is 0 Å². The highest BCUT2D eigenvalue weighted by atomic mass is 16.3. The molecule has 2 aromatic rings. The predicted molar refractivity (Wildman–Crippen MR) is 71.6 cm³/mol. The van der Waals surface area contributed by atoms with Crippen LogP contribution in [0.4, 0.5) is 5.69 Å². The second-order valence-corrected chi connectivity index (χ2v) is 4.87. The summed E-state index contributed by atoms with van der Waals surface area (Å²) in [7, 11) is 0. The highest BCUT2D eigenvalue weighted by molar-refractivity contribution is 5.95. The first kappa shape index (κ1) is 11.9. The van der Waals surface area contributed by atoms with Crippen molar-refractivity contribution in [1.29, 1.82) is 0 Å². The summed E-state index contributed by atoms with van der Waals surface area (Å²) in [5.74, 6) is -0.196. The van der Waals surface area contributed by atoms with E-state index in [1.54, 1.807) is 0 Å². The molecule has 0 aliphatic heterocycles. The Balaban J connectivity index is 2.00. The molecule has 0 bridgehead atoms. The van der Waals surface area contributed by atoms with E-state index in [0.717, 1.165) is 35.7 Å². The van der Waals surface area contributed by atoms with E-state index in [9.17, 15) is 9.90 Å². The summed E-state index contributed by atoms with van der Waals surface area (Å²) in [6, 6.07) is 5.85. The molecule has 1 heterocycles. The SMILES string of the molecule is CCc1ccc2[nH]c(O)c(N=NC(=O)C3CC3)c2c1. The van der Waals surface area contributed by atoms with E-state index in [-0.39, 0.29) is 17.7 Å². The van der Waals surface area contributed by atoms with Crippen molar-refractivity contribution in [3.8, 4) is 5.88 Å². The fourth-order valence-corrected chi connectivity index (χ4v) is 2.04. The molecule has 1 fully saturated rings. The third-order valence-electron chi connectivity index (χ3n) is 3.40. The summed E-state index contributed by atoms with van der Waals surface area (Å²) in [5.41, 5.74) is 2.29. The van der Waals surface area contributed by atoms with E-state index >= 15 is 0 Å². The molecule has 1 amide bonds. The molecule has 1 aromatic carbocycles. The molecule has 5 heteroatoms. The van der Waals surface area contributed by atoms with Crippen LogP contribution >= 0.6 is 0 Å². The van der Waals surface area contributed by atoms with E-state index in [4.69, 9.17) is 0 Å². The number of carbonyl (C=O) groups excluding carboxylic acids is 1. The van der Waals surface area contributed by atoms with Gasteiger partial charge in [0.1, 0.15) is 0 Å². The maximum Gasteiger partial charge on any atom is 0.267 e. The lowest BCUT2D eigenvalue weighted by Gasteiger charge is -1.96. The molecule has 1 aliphatic rings. The number of fused-ring (bicyclic) bond motifs is 1. The number of aromatic nitrogens is 1. The third-order valence-corrected chi connectivity index (χ3v) is 3.40. The molecule has 0 atom stereocenters. The van der Waals surface area contributed by atoms with Gasteiger partial charge in [0.05, 0.1) is 5.52 Å². The standard InChI is InChI=1S/C14H15N3O2/c1-2-8-3-6-11-10(7-8)12(14(19)15-11)16-17-13(18)9-4-5-9/h3,6-7,9,15,19H,2,4-5H2,1H3. The van der Waals surface area contributed by atoms with Gasteiger partial charge in [0, 0.05) is 11.3 Å². The van der Waals surface area contributed by atoms with Gasteiger partial charge in [0.15, 0.2) is 5.69 Å². The van der Waals surface area contributed by atoms with Crippen molar-refractivity contribution < 1.29 is 9.90 Å². The number of benzene rings is 1. The van der Waals surface area contributed by atoms with Crippen LogP contribution in [0.3, 0.4) is 0 Å². The number of nitrogens with zero attached hydrogens (tertiary/aromatic N) is 2. The fourth-order valence-electron chi connectivity index (χ4n) is 2.04. The Bertz CT molecular complexity index is 669. The number of nitrogens with one attached hydrogen (secondary N) is 1. The summed E-state index contributed by atoms with van der Waals surface area (Å²) in [6.07, 6.45) is 2.70. The van der Waals surface area contributed by atoms with E-state index < -0.39 is 0 Å². The van der Waals surface area contributed by atoms with Crippen molar-refractivity contribution in [2.45, 2.75) is 26.2 Å². The van der Waals surface area contributed by atoms with Gasteiger partial charge in [-0.05, 0) is 37.0 Å². The molecule has 0 unspecified atom stereocenters. The lowest BCUT2D eigenvalue weighted by atomic mass is 10.1. The summed E-state index contributed by atoms with van der Waals surface area (Å²) >= 11 is 0. The Morgan fingerprint density at radius 1 is 1.47 bits per heavy atom. The zero-order chi connectivity index (χ0) is 13.4. The molecule has 5 nitrogen and oxygen atoms in total. The highest BCUT2D eigenvalue weighted by Crippen LogP contribution is 2.37. The maximum atomic E-state index is 11.5. The molecule has 2 N–H and O–H groups in total. The largest absolute Gasteiger partial charge is 0.493 e. The number of hydrogen-bond donors (Lipinski definition) is 2. The van der Waals surface area contributed by atoms with E-state index in [1.165, 1.54) is 0 Å². The van der Waals surface area contributed by atoms with Gasteiger partial charge < -0.3 is 10.1 Å². The van der Waals surface area contributed by atoms with E-state index in [1.807, 2.05) is 18.2 Å². The van der Waals surface area contributed by atoms with Crippen LogP contribution in [-0.2, 0) is 11.2 Å². The van der Waals surface area contributed by atoms with Crippen molar-refractivity contribution in [3.05, 3.63) is 23.8 Å². The van der Waals surface area contributed by atoms with Gasteiger partial charge in [0.2, 0.25) is 5.88 Å². The lowest BCUT2D eigenvalue weighted by Crippen LogP contribution is -1.92. The predicted octanol–water partition coefficient (Wildman–Crippen LogP) is 3.46. The van der Waals surface area contributed by atoms with Gasteiger partial charge in [0.25, 0.3) is 5.91 Å². The van der Waals surface area contributed by atoms with Gasteiger partial charge in [-0.3, -0.25) is 4.79 Å². The number of aromatic amines is 1. The summed E-state index contributed by atoms with van der Waals surface area (Å²) in [5, 5.41) is 18.3. The van der Waals surface area contributed by atoms with Crippen LogP contribution in [0, 0.1) is 5.92 Å². The average molecular weight is 257 g/mol. The number of hydrogen-bond acceptors (Lipinski definition) is 3. The number of rotatable bonds is 3. The minimum absolute atomic E-state index is 0.0438. The molecule has 3 rings (SSSR count). The monoisotopic (exact) mass is 257 g/mol. The van der Waals surface area contributed by atoms with E-state index in [0.29, 0.717) is 5.69 Å². The topological polar surface area (TPSA) is 77.8 Å². The Morgan fingerprint density at radius 3 is 2.95 bits per heavy atom. The highest BCUT2D eigenvalue weighted by Gasteiger charge is 2.29. The average Bonchev–Trinajstić information content (AvgIpc) is 3.20. The van der Waals surface area contributed by atoms with Gasteiger partial charge in [-0.25, -0.2) is 0 Å². The molecule has 0 spiro atoms. The quantitative estimate of drug-likeness (QED) is 0.826. The number of H-pyrrole nitrogens is 1. The minimum atomic E-state index is -0.194. The first-order valence-electron chi connectivity index (χ1n) is 6.48. The smallest absolute Gasteiger partial charge is 0.267 e. The fraction of sp³-hybridized carbons (Fsp3) is 0.357. The number of carbonyl (C=O) groups is 1. The van der Waals surface area contributed by atoms with Gasteiger partial charge in [-0.1, -0.05) is 13.0 Å².